The molecule has 0 bridgehead atoms. The molecule has 3 aromatic heterocycles. The highest BCUT2D eigenvalue weighted by Crippen LogP contribution is 2.42. The van der Waals surface area contributed by atoms with E-state index in [1.165, 1.54) is 69.9 Å². The molecule has 0 amide bonds. The maximum absolute atomic E-state index is 5.28. The van der Waals surface area contributed by atoms with E-state index in [0.717, 1.165) is 22.2 Å². The summed E-state index contributed by atoms with van der Waals surface area (Å²) in [7, 11) is 0. The molecular formula is C38H33BN2S. The minimum atomic E-state index is 0.119. The van der Waals surface area contributed by atoms with Crippen LogP contribution in [0.1, 0.15) is 33.4 Å². The first-order valence-corrected chi connectivity index (χ1v) is 15.4. The topological polar surface area (TPSA) is 25.8 Å². The number of hydrogen-bond acceptors (Lipinski definition) is 3. The molecule has 0 unspecified atom stereocenters. The minimum Gasteiger partial charge on any atom is -0.264 e. The number of fused-ring (bicyclic) bond motifs is 5. The van der Waals surface area contributed by atoms with Gasteiger partial charge in [0.2, 0.25) is 6.71 Å². The molecule has 0 N–H and O–H groups in total. The third-order valence-corrected chi connectivity index (χ3v) is 9.83. The molecule has 0 atom stereocenters. The maximum Gasteiger partial charge on any atom is 0.242 e. The molecule has 0 aliphatic carbocycles. The average Bonchev–Trinajstić information content (AvgIpc) is 3.35. The first-order chi connectivity index (χ1) is 20.3. The molecule has 0 saturated heterocycles. The second kappa shape index (κ2) is 10.2. The zero-order chi connectivity index (χ0) is 29.1. The normalized spacial score (nSPS) is 11.6. The lowest BCUT2D eigenvalue weighted by molar-refractivity contribution is 1.34. The summed E-state index contributed by atoms with van der Waals surface area (Å²) >= 11 is 1.83. The predicted octanol–water partition coefficient (Wildman–Crippen LogP) is 8.03. The molecule has 7 rings (SSSR count). The lowest BCUT2D eigenvalue weighted by Gasteiger charge is -2.25. The van der Waals surface area contributed by atoms with Gasteiger partial charge in [-0.05, 0) is 53.7 Å². The van der Waals surface area contributed by atoms with Gasteiger partial charge >= 0.3 is 0 Å². The standard InChI is InChI=1S/C38H33BN2S/c1-22-16-24(3)35(25(4)17-22)39(36-26(5)18-23(2)19-27(36)6)29-11-9-10-28(20-29)37-38-34(30-12-7-8-13-33(30)42-38)31-21-40-15-14-32(31)41-37/h7-21H,1-6H3. The van der Waals surface area contributed by atoms with Crippen molar-refractivity contribution >= 4 is 65.5 Å². The fourth-order valence-corrected chi connectivity index (χ4v) is 8.39. The van der Waals surface area contributed by atoms with Crippen LogP contribution < -0.4 is 16.4 Å². The quantitative estimate of drug-likeness (QED) is 0.204. The number of aromatic nitrogens is 2. The van der Waals surface area contributed by atoms with Gasteiger partial charge in [-0.1, -0.05) is 116 Å². The van der Waals surface area contributed by atoms with E-state index in [1.807, 2.05) is 29.8 Å². The van der Waals surface area contributed by atoms with Crippen LogP contribution in [-0.2, 0) is 0 Å². The van der Waals surface area contributed by atoms with Crippen molar-refractivity contribution in [2.75, 3.05) is 0 Å². The van der Waals surface area contributed by atoms with Crippen LogP contribution in [0.4, 0.5) is 0 Å². The molecule has 7 aromatic rings. The number of aryl methyl sites for hydroxylation is 6. The summed E-state index contributed by atoms with van der Waals surface area (Å²) in [6.45, 7) is 13.6. The van der Waals surface area contributed by atoms with Crippen molar-refractivity contribution < 1.29 is 0 Å². The molecule has 0 radical (unpaired) electrons. The molecule has 204 valence electrons. The van der Waals surface area contributed by atoms with Crippen LogP contribution in [0.2, 0.25) is 0 Å². The van der Waals surface area contributed by atoms with E-state index < -0.39 is 0 Å². The maximum atomic E-state index is 5.28. The van der Waals surface area contributed by atoms with Crippen molar-refractivity contribution in [3.63, 3.8) is 0 Å². The number of rotatable bonds is 4. The van der Waals surface area contributed by atoms with Crippen LogP contribution in [0.3, 0.4) is 0 Å². The Labute approximate surface area is 252 Å². The molecule has 3 heterocycles. The van der Waals surface area contributed by atoms with Gasteiger partial charge in [-0.25, -0.2) is 4.98 Å². The fourth-order valence-electron chi connectivity index (χ4n) is 7.16. The minimum absolute atomic E-state index is 0.119. The first-order valence-electron chi connectivity index (χ1n) is 14.6. The monoisotopic (exact) mass is 560 g/mol. The molecule has 0 saturated carbocycles. The molecule has 42 heavy (non-hydrogen) atoms. The van der Waals surface area contributed by atoms with Gasteiger partial charge in [0.15, 0.2) is 0 Å². The number of hydrogen-bond donors (Lipinski definition) is 0. The summed E-state index contributed by atoms with van der Waals surface area (Å²) in [5.74, 6) is 0. The third kappa shape index (κ3) is 4.33. The van der Waals surface area contributed by atoms with Gasteiger partial charge in [-0.2, -0.15) is 0 Å². The van der Waals surface area contributed by atoms with E-state index in [9.17, 15) is 0 Å². The summed E-state index contributed by atoms with van der Waals surface area (Å²) < 4.78 is 2.49. The van der Waals surface area contributed by atoms with Crippen LogP contribution in [0.25, 0.3) is 42.3 Å². The predicted molar refractivity (Wildman–Crippen MR) is 184 cm³/mol. The Hall–Kier alpha value is -4.28. The SMILES string of the molecule is Cc1cc(C)c(B(c2cccc(-c3nc4ccncc4c4c3sc3ccccc34)c2)c2c(C)cc(C)cc2C)c(C)c1. The van der Waals surface area contributed by atoms with E-state index in [0.29, 0.717) is 0 Å². The van der Waals surface area contributed by atoms with Crippen LogP contribution in [0.15, 0.2) is 91.3 Å². The molecule has 4 aromatic carbocycles. The third-order valence-electron chi connectivity index (χ3n) is 8.66. The van der Waals surface area contributed by atoms with Crippen LogP contribution in [-0.4, -0.2) is 16.7 Å². The molecule has 0 fully saturated rings. The zero-order valence-corrected chi connectivity index (χ0v) is 25.9. The van der Waals surface area contributed by atoms with E-state index in [-0.39, 0.29) is 6.71 Å². The Morgan fingerprint density at radius 2 is 1.29 bits per heavy atom. The van der Waals surface area contributed by atoms with Crippen LogP contribution >= 0.6 is 11.3 Å². The van der Waals surface area contributed by atoms with E-state index in [2.05, 4.69) is 119 Å². The molecule has 0 spiro atoms. The highest BCUT2D eigenvalue weighted by molar-refractivity contribution is 7.26. The summed E-state index contributed by atoms with van der Waals surface area (Å²) in [4.78, 5) is 9.74. The van der Waals surface area contributed by atoms with Crippen molar-refractivity contribution in [2.24, 2.45) is 0 Å². The Kier molecular flexibility index (Phi) is 6.48. The van der Waals surface area contributed by atoms with Crippen molar-refractivity contribution in [3.8, 4) is 11.3 Å². The number of nitrogens with zero attached hydrogens (tertiary/aromatic N) is 2. The van der Waals surface area contributed by atoms with Gasteiger partial charge in [-0.15, -0.1) is 11.3 Å². The molecule has 0 aliphatic rings. The van der Waals surface area contributed by atoms with Gasteiger partial charge in [0.25, 0.3) is 0 Å². The van der Waals surface area contributed by atoms with Crippen molar-refractivity contribution in [1.29, 1.82) is 0 Å². The fraction of sp³-hybridized carbons (Fsp3) is 0.158. The van der Waals surface area contributed by atoms with E-state index in [4.69, 9.17) is 4.98 Å². The molecule has 4 heteroatoms. The van der Waals surface area contributed by atoms with Crippen LogP contribution in [0, 0.1) is 41.5 Å². The molecular weight excluding hydrogens is 527 g/mol. The summed E-state index contributed by atoms with van der Waals surface area (Å²) in [6, 6.07) is 29.2. The van der Waals surface area contributed by atoms with Gasteiger partial charge in [-0.3, -0.25) is 4.98 Å². The first kappa shape index (κ1) is 26.6. The summed E-state index contributed by atoms with van der Waals surface area (Å²) in [5.41, 5.74) is 15.2. The summed E-state index contributed by atoms with van der Waals surface area (Å²) in [6.07, 6.45) is 3.81. The largest absolute Gasteiger partial charge is 0.264 e. The van der Waals surface area contributed by atoms with Crippen LogP contribution in [0.5, 0.6) is 0 Å². The molecule has 2 nitrogen and oxygen atoms in total. The van der Waals surface area contributed by atoms with E-state index >= 15 is 0 Å². The van der Waals surface area contributed by atoms with Gasteiger partial charge in [0, 0.05) is 38.8 Å². The van der Waals surface area contributed by atoms with Gasteiger partial charge < -0.3 is 0 Å². The second-order valence-electron chi connectivity index (χ2n) is 11.8. The number of benzene rings is 4. The lowest BCUT2D eigenvalue weighted by Crippen LogP contribution is -2.55. The highest BCUT2D eigenvalue weighted by atomic mass is 32.1. The summed E-state index contributed by atoms with van der Waals surface area (Å²) in [5, 5.41) is 3.63. The van der Waals surface area contributed by atoms with Crippen molar-refractivity contribution in [2.45, 2.75) is 41.5 Å². The Morgan fingerprint density at radius 3 is 1.95 bits per heavy atom. The highest BCUT2D eigenvalue weighted by Gasteiger charge is 2.29. The number of pyridine rings is 2. The van der Waals surface area contributed by atoms with Crippen molar-refractivity contribution in [3.05, 3.63) is 125 Å². The molecule has 0 aliphatic heterocycles. The second-order valence-corrected chi connectivity index (χ2v) is 12.9. The average molecular weight is 561 g/mol. The van der Waals surface area contributed by atoms with E-state index in [1.54, 1.807) is 0 Å². The lowest BCUT2D eigenvalue weighted by atomic mass is 9.34. The van der Waals surface area contributed by atoms with Gasteiger partial charge in [0.1, 0.15) is 0 Å². The number of thiophene rings is 1. The zero-order valence-electron chi connectivity index (χ0n) is 25.0. The Morgan fingerprint density at radius 1 is 0.643 bits per heavy atom. The Bertz CT molecular complexity index is 2070. The van der Waals surface area contributed by atoms with Gasteiger partial charge in [0.05, 0.1) is 15.9 Å². The van der Waals surface area contributed by atoms with Crippen molar-refractivity contribution in [1.82, 2.24) is 9.97 Å². The smallest absolute Gasteiger partial charge is 0.242 e. The Balaban J connectivity index is 1.52.